The van der Waals surface area contributed by atoms with Crippen LogP contribution in [0.1, 0.15) is 24.2 Å². The van der Waals surface area contributed by atoms with Crippen LogP contribution in [0.2, 0.25) is 0 Å². The van der Waals surface area contributed by atoms with E-state index in [1.165, 1.54) is 19.1 Å². The highest BCUT2D eigenvalue weighted by Crippen LogP contribution is 2.16. The number of nitrogens with one attached hydrogen (secondary N) is 1. The Morgan fingerprint density at radius 1 is 1.44 bits per heavy atom. The summed E-state index contributed by atoms with van der Waals surface area (Å²) < 4.78 is 18.2. The molecule has 0 unspecified atom stereocenters. The predicted molar refractivity (Wildman–Crippen MR) is 65.8 cm³/mol. The van der Waals surface area contributed by atoms with E-state index < -0.39 is 17.7 Å². The Bertz CT molecular complexity index is 483. The van der Waals surface area contributed by atoms with Crippen molar-refractivity contribution in [2.45, 2.75) is 13.8 Å². The molecule has 0 atom stereocenters. The van der Waals surface area contributed by atoms with Crippen molar-refractivity contribution >= 4 is 17.6 Å². The van der Waals surface area contributed by atoms with Crippen molar-refractivity contribution in [1.82, 2.24) is 0 Å². The first-order valence-electron chi connectivity index (χ1n) is 5.40. The van der Waals surface area contributed by atoms with Crippen molar-refractivity contribution in [3.8, 4) is 0 Å². The van der Waals surface area contributed by atoms with Gasteiger partial charge in [0.2, 0.25) is 5.91 Å². The average Bonchev–Trinajstić information content (AvgIpc) is 2.31. The van der Waals surface area contributed by atoms with Gasteiger partial charge in [-0.1, -0.05) is 12.2 Å². The topological polar surface area (TPSA) is 55.4 Å². The summed E-state index contributed by atoms with van der Waals surface area (Å²) in [4.78, 5) is 22.4. The normalized spacial score (nSPS) is 10.4. The number of halogens is 1. The fraction of sp³-hybridized carbons (Fsp3) is 0.231. The Morgan fingerprint density at radius 2 is 2.17 bits per heavy atom. The first-order valence-corrected chi connectivity index (χ1v) is 5.40. The van der Waals surface area contributed by atoms with Gasteiger partial charge >= 0.3 is 5.97 Å². The van der Waals surface area contributed by atoms with Crippen molar-refractivity contribution in [3.63, 3.8) is 0 Å². The second-order valence-electron chi connectivity index (χ2n) is 3.54. The molecule has 4 nitrogen and oxygen atoms in total. The van der Waals surface area contributed by atoms with Crippen molar-refractivity contribution in [3.05, 3.63) is 41.7 Å². The van der Waals surface area contributed by atoms with E-state index in [0.29, 0.717) is 0 Å². The molecule has 1 aromatic carbocycles. The summed E-state index contributed by atoms with van der Waals surface area (Å²) in [5.74, 6) is -1.58. The lowest BCUT2D eigenvalue weighted by molar-refractivity contribution is -0.114. The van der Waals surface area contributed by atoms with Gasteiger partial charge in [-0.25, -0.2) is 9.18 Å². The van der Waals surface area contributed by atoms with E-state index in [0.717, 1.165) is 6.07 Å². The lowest BCUT2D eigenvalue weighted by Gasteiger charge is -2.06. The number of hydrogen-bond donors (Lipinski definition) is 1. The fourth-order valence-electron chi connectivity index (χ4n) is 1.24. The Labute approximate surface area is 104 Å². The number of carbonyl (C=O) groups excluding carboxylic acids is 2. The zero-order chi connectivity index (χ0) is 13.5. The van der Waals surface area contributed by atoms with Crippen molar-refractivity contribution in [2.75, 3.05) is 11.9 Å². The van der Waals surface area contributed by atoms with Gasteiger partial charge in [0, 0.05) is 6.92 Å². The fourth-order valence-corrected chi connectivity index (χ4v) is 1.24. The third kappa shape index (κ3) is 4.01. The number of rotatable bonds is 4. The van der Waals surface area contributed by atoms with Crippen LogP contribution < -0.4 is 5.32 Å². The zero-order valence-corrected chi connectivity index (χ0v) is 10.2. The molecule has 0 aliphatic rings. The molecule has 96 valence electrons. The van der Waals surface area contributed by atoms with Gasteiger partial charge in [0.1, 0.15) is 12.4 Å². The maximum atomic E-state index is 13.3. The van der Waals surface area contributed by atoms with Crippen LogP contribution in [0.4, 0.5) is 10.1 Å². The summed E-state index contributed by atoms with van der Waals surface area (Å²) in [7, 11) is 0. The Balaban J connectivity index is 2.83. The number of anilines is 1. The highest BCUT2D eigenvalue weighted by Gasteiger charge is 2.11. The molecule has 5 heteroatoms. The summed E-state index contributed by atoms with van der Waals surface area (Å²) in [6.45, 7) is 3.22. The maximum absolute atomic E-state index is 13.3. The first-order chi connectivity index (χ1) is 8.54. The quantitative estimate of drug-likeness (QED) is 0.660. The maximum Gasteiger partial charge on any atom is 0.338 e. The number of benzene rings is 1. The minimum absolute atomic E-state index is 0.0389. The molecule has 1 amide bonds. The first kappa shape index (κ1) is 13.9. The number of amides is 1. The molecule has 0 fully saturated rings. The molecule has 0 saturated carbocycles. The Morgan fingerprint density at radius 3 is 2.78 bits per heavy atom. The van der Waals surface area contributed by atoms with Crippen molar-refractivity contribution in [1.29, 1.82) is 0 Å². The van der Waals surface area contributed by atoms with Gasteiger partial charge in [0.05, 0.1) is 11.3 Å². The van der Waals surface area contributed by atoms with E-state index >= 15 is 0 Å². The van der Waals surface area contributed by atoms with Crippen molar-refractivity contribution < 1.29 is 18.7 Å². The molecule has 0 bridgehead atoms. The van der Waals surface area contributed by atoms with E-state index in [-0.39, 0.29) is 17.9 Å². The average molecular weight is 251 g/mol. The molecule has 0 aromatic heterocycles. The smallest absolute Gasteiger partial charge is 0.338 e. The zero-order valence-electron chi connectivity index (χ0n) is 10.2. The third-order valence-electron chi connectivity index (χ3n) is 2.06. The van der Waals surface area contributed by atoms with Crippen LogP contribution in [0, 0.1) is 5.82 Å². The standard InChI is InChI=1S/C13H14FNO3/c1-3-4-7-18-13(17)10-5-6-11(14)12(8-10)15-9(2)16/h3-6,8H,7H2,1-2H3,(H,15,16). The second-order valence-corrected chi connectivity index (χ2v) is 3.54. The van der Waals surface area contributed by atoms with Crippen LogP contribution >= 0.6 is 0 Å². The number of carbonyl (C=O) groups is 2. The van der Waals surface area contributed by atoms with Gasteiger partial charge in [-0.05, 0) is 25.1 Å². The van der Waals surface area contributed by atoms with Crippen LogP contribution in [0.25, 0.3) is 0 Å². The second kappa shape index (κ2) is 6.54. The molecule has 0 spiro atoms. The summed E-state index contributed by atoms with van der Waals surface area (Å²) in [6, 6.07) is 3.66. The molecular weight excluding hydrogens is 237 g/mol. The molecule has 0 radical (unpaired) electrons. The highest BCUT2D eigenvalue weighted by atomic mass is 19.1. The molecule has 0 saturated heterocycles. The van der Waals surface area contributed by atoms with Crippen LogP contribution in [0.5, 0.6) is 0 Å². The predicted octanol–water partition coefficient (Wildman–Crippen LogP) is 2.52. The highest BCUT2D eigenvalue weighted by molar-refractivity contribution is 5.93. The Hall–Kier alpha value is -2.17. The number of hydrogen-bond acceptors (Lipinski definition) is 3. The van der Waals surface area contributed by atoms with E-state index in [1.54, 1.807) is 19.1 Å². The summed E-state index contributed by atoms with van der Waals surface area (Å²) >= 11 is 0. The number of ether oxygens (including phenoxy) is 1. The molecule has 0 heterocycles. The lowest BCUT2D eigenvalue weighted by atomic mass is 10.2. The monoisotopic (exact) mass is 251 g/mol. The molecule has 1 N–H and O–H groups in total. The van der Waals surface area contributed by atoms with Crippen LogP contribution in [0.3, 0.4) is 0 Å². The van der Waals surface area contributed by atoms with Gasteiger partial charge in [-0.2, -0.15) is 0 Å². The van der Waals surface area contributed by atoms with E-state index in [1.807, 2.05) is 0 Å². The van der Waals surface area contributed by atoms with Gasteiger partial charge in [0.15, 0.2) is 0 Å². The Kier molecular flexibility index (Phi) is 5.05. The SMILES string of the molecule is CC=CCOC(=O)c1ccc(F)c(NC(C)=O)c1. The van der Waals surface area contributed by atoms with Crippen LogP contribution in [0.15, 0.2) is 30.4 Å². The number of esters is 1. The molecular formula is C13H14FNO3. The summed E-state index contributed by atoms with van der Waals surface area (Å²) in [5, 5.41) is 2.30. The van der Waals surface area contributed by atoms with Crippen LogP contribution in [-0.2, 0) is 9.53 Å². The number of allylic oxidation sites excluding steroid dienone is 1. The molecule has 0 aliphatic heterocycles. The lowest BCUT2D eigenvalue weighted by Crippen LogP contribution is -2.10. The van der Waals surface area contributed by atoms with Gasteiger partial charge < -0.3 is 10.1 Å². The van der Waals surface area contributed by atoms with Gasteiger partial charge in [-0.15, -0.1) is 0 Å². The van der Waals surface area contributed by atoms with Gasteiger partial charge in [-0.3, -0.25) is 4.79 Å². The van der Waals surface area contributed by atoms with E-state index in [9.17, 15) is 14.0 Å². The summed E-state index contributed by atoms with van der Waals surface area (Å²) in [6.07, 6.45) is 3.43. The van der Waals surface area contributed by atoms with Crippen molar-refractivity contribution in [2.24, 2.45) is 0 Å². The molecule has 18 heavy (non-hydrogen) atoms. The summed E-state index contributed by atoms with van der Waals surface area (Å²) in [5.41, 5.74) is 0.146. The minimum Gasteiger partial charge on any atom is -0.458 e. The minimum atomic E-state index is -0.602. The van der Waals surface area contributed by atoms with Crippen LogP contribution in [-0.4, -0.2) is 18.5 Å². The molecule has 0 aliphatic carbocycles. The molecule has 1 aromatic rings. The molecule has 1 rings (SSSR count). The largest absolute Gasteiger partial charge is 0.458 e. The van der Waals surface area contributed by atoms with E-state index in [4.69, 9.17) is 4.74 Å². The van der Waals surface area contributed by atoms with Gasteiger partial charge in [0.25, 0.3) is 0 Å². The third-order valence-corrected chi connectivity index (χ3v) is 2.06. The van der Waals surface area contributed by atoms with E-state index in [2.05, 4.69) is 5.32 Å².